The Balaban J connectivity index is -0.000000254. The SMILES string of the molecule is C.C.C=C([O-])OCc1ccccc1.CC#CC.CC[C@H](C)[C@@H](NC(=O)OC(C)(C)C)C(=O)CC(=O)OCc1ccccc1.CC[C@H](C)[C@@H](NC(=O)OC(C)(C)C)C(=O)O.[Li+]. The van der Waals surface area contributed by atoms with Gasteiger partial charge in [-0.25, -0.2) is 14.4 Å². The Hall–Kier alpha value is -4.91. The molecule has 0 saturated carbocycles. The van der Waals surface area contributed by atoms with Crippen LogP contribution in [-0.4, -0.2) is 58.3 Å². The van der Waals surface area contributed by atoms with E-state index in [2.05, 4.69) is 33.8 Å². The predicted octanol–water partition coefficient (Wildman–Crippen LogP) is 5.98. The third kappa shape index (κ3) is 35.1. The number of esters is 1. The van der Waals surface area contributed by atoms with Crippen molar-refractivity contribution in [3.8, 4) is 11.8 Å². The molecule has 2 aromatic rings. The van der Waals surface area contributed by atoms with Crippen LogP contribution in [-0.2, 0) is 46.5 Å². The topological polar surface area (TPSA) is 190 Å². The van der Waals surface area contributed by atoms with Gasteiger partial charge in [-0.3, -0.25) is 9.59 Å². The first kappa shape index (κ1) is 64.2. The Morgan fingerprint density at radius 1 is 0.700 bits per heavy atom. The van der Waals surface area contributed by atoms with Gasteiger partial charge in [0.25, 0.3) is 0 Å². The van der Waals surface area contributed by atoms with Crippen LogP contribution in [0.5, 0.6) is 0 Å². The minimum Gasteiger partial charge on any atom is -0.609 e. The van der Waals surface area contributed by atoms with Crippen molar-refractivity contribution in [2.24, 2.45) is 11.8 Å². The van der Waals surface area contributed by atoms with Crippen molar-refractivity contribution in [1.82, 2.24) is 10.6 Å². The molecule has 14 heteroatoms. The average molecular weight is 837 g/mol. The van der Waals surface area contributed by atoms with Crippen LogP contribution in [0.4, 0.5) is 9.59 Å². The van der Waals surface area contributed by atoms with E-state index in [-0.39, 0.29) is 57.9 Å². The fourth-order valence-electron chi connectivity index (χ4n) is 4.11. The summed E-state index contributed by atoms with van der Waals surface area (Å²) >= 11 is 0. The van der Waals surface area contributed by atoms with Gasteiger partial charge in [-0.1, -0.05) is 123 Å². The second kappa shape index (κ2) is 34.9. The van der Waals surface area contributed by atoms with E-state index in [1.54, 1.807) is 48.5 Å². The fourth-order valence-corrected chi connectivity index (χ4v) is 4.11. The zero-order valence-electron chi connectivity index (χ0n) is 36.9. The number of hydrogen-bond donors (Lipinski definition) is 3. The van der Waals surface area contributed by atoms with Crippen molar-refractivity contribution >= 4 is 29.9 Å². The minimum atomic E-state index is -1.04. The summed E-state index contributed by atoms with van der Waals surface area (Å²) in [5.74, 6) is 2.57. The van der Waals surface area contributed by atoms with Crippen LogP contribution in [0.1, 0.15) is 128 Å². The van der Waals surface area contributed by atoms with Crippen molar-refractivity contribution in [3.05, 3.63) is 84.3 Å². The van der Waals surface area contributed by atoms with Gasteiger partial charge in [0.05, 0.1) is 6.04 Å². The van der Waals surface area contributed by atoms with Crippen molar-refractivity contribution in [1.29, 1.82) is 0 Å². The van der Waals surface area contributed by atoms with Crippen LogP contribution in [0.3, 0.4) is 0 Å². The zero-order chi connectivity index (χ0) is 44.2. The number of ketones is 1. The summed E-state index contributed by atoms with van der Waals surface area (Å²) in [6, 6.07) is 17.0. The van der Waals surface area contributed by atoms with E-state index in [1.165, 1.54) is 0 Å². The summed E-state index contributed by atoms with van der Waals surface area (Å²) < 4.78 is 20.0. The van der Waals surface area contributed by atoms with Crippen LogP contribution in [0.25, 0.3) is 0 Å². The molecule has 334 valence electrons. The quantitative estimate of drug-likeness (QED) is 0.0478. The molecule has 0 fully saturated rings. The molecule has 0 aliphatic carbocycles. The van der Waals surface area contributed by atoms with E-state index in [0.29, 0.717) is 19.4 Å². The van der Waals surface area contributed by atoms with Crippen LogP contribution in [0.15, 0.2) is 73.2 Å². The van der Waals surface area contributed by atoms with Crippen LogP contribution in [0, 0.1) is 23.7 Å². The minimum absolute atomic E-state index is 0. The summed E-state index contributed by atoms with van der Waals surface area (Å²) in [7, 11) is 0. The molecule has 13 nitrogen and oxygen atoms in total. The standard InChI is InChI=1S/C20H29NO5.C11H21NO4.C9H10O2.C4H6.2CH4.Li/c1-6-14(2)18(21-19(24)26-20(3,4)5)16(22)12-17(23)25-13-15-10-8-7-9-11-15;1-6-7(2)8(9(13)14)12-10(15)16-11(3,4)5;1-8(10)11-7-9-5-3-2-4-6-9;1-3-4-2;;;/h7-11,14,18H,6,12-13H2,1-5H3,(H,21,24);7-8H,6H2,1-5H3,(H,12,15)(H,13,14);2-6,10H,1,7H2;1-2H3;2*1H4;/q;;;;;;+1/p-1/t14-,18+;7-,8+;;;;;/m00...../s1. The molecule has 60 heavy (non-hydrogen) atoms. The molecular weight excluding hydrogens is 763 g/mol. The maximum absolute atomic E-state index is 12.5. The summed E-state index contributed by atoms with van der Waals surface area (Å²) in [6.07, 6.45) is -0.413. The Bertz CT molecular complexity index is 1560. The number of hydrogen-bond acceptors (Lipinski definition) is 10. The number of carboxylic acids is 1. The largest absolute Gasteiger partial charge is 1.00 e. The van der Waals surface area contributed by atoms with Gasteiger partial charge < -0.3 is 39.8 Å². The summed E-state index contributed by atoms with van der Waals surface area (Å²) in [6.45, 7) is 25.0. The number of carbonyl (C=O) groups excluding carboxylic acids is 4. The second-order valence-electron chi connectivity index (χ2n) is 14.8. The number of Topliss-reactive ketones (excluding diaryl/α,β-unsaturated/α-hetero) is 1. The fraction of sp³-hybridized carbons (Fsp3) is 0.543. The molecule has 0 aliphatic heterocycles. The predicted molar refractivity (Wildman–Crippen MR) is 232 cm³/mol. The Labute approximate surface area is 372 Å². The third-order valence-corrected chi connectivity index (χ3v) is 7.44. The van der Waals surface area contributed by atoms with Gasteiger partial charge in [-0.05, 0) is 78.4 Å². The Kier molecular flexibility index (Phi) is 37.4. The summed E-state index contributed by atoms with van der Waals surface area (Å²) in [4.78, 5) is 58.8. The molecule has 0 aliphatic rings. The summed E-state index contributed by atoms with van der Waals surface area (Å²) in [5.41, 5.74) is 0.535. The number of benzene rings is 2. The molecule has 3 N–H and O–H groups in total. The molecule has 0 radical (unpaired) electrons. The van der Waals surface area contributed by atoms with E-state index < -0.39 is 59.8 Å². The van der Waals surface area contributed by atoms with Crippen LogP contribution >= 0.6 is 0 Å². The number of amides is 2. The maximum Gasteiger partial charge on any atom is 1.00 e. The number of nitrogens with one attached hydrogen (secondary N) is 2. The van der Waals surface area contributed by atoms with Crippen molar-refractivity contribution < 1.29 is 72.0 Å². The van der Waals surface area contributed by atoms with E-state index >= 15 is 0 Å². The molecular formula is C46H73LiN2O11. The molecule has 0 spiro atoms. The van der Waals surface area contributed by atoms with Crippen LogP contribution in [0.2, 0.25) is 0 Å². The monoisotopic (exact) mass is 837 g/mol. The van der Waals surface area contributed by atoms with Gasteiger partial charge in [0.15, 0.2) is 5.78 Å². The van der Waals surface area contributed by atoms with Crippen molar-refractivity contribution in [2.75, 3.05) is 0 Å². The molecule has 0 heterocycles. The van der Waals surface area contributed by atoms with Gasteiger partial charge in [0.1, 0.15) is 30.3 Å². The molecule has 2 amide bonds. The van der Waals surface area contributed by atoms with Crippen molar-refractivity contribution in [3.63, 3.8) is 0 Å². The van der Waals surface area contributed by atoms with Gasteiger partial charge in [-0.2, -0.15) is 0 Å². The van der Waals surface area contributed by atoms with Crippen molar-refractivity contribution in [2.45, 2.75) is 154 Å². The number of ether oxygens (including phenoxy) is 4. The van der Waals surface area contributed by atoms with Crippen LogP contribution < -0.4 is 34.6 Å². The second-order valence-corrected chi connectivity index (χ2v) is 14.8. The molecule has 0 aromatic heterocycles. The Morgan fingerprint density at radius 2 is 1.05 bits per heavy atom. The van der Waals surface area contributed by atoms with E-state index in [0.717, 1.165) is 11.1 Å². The van der Waals surface area contributed by atoms with Gasteiger partial charge in [0, 0.05) is 12.6 Å². The first-order valence-corrected chi connectivity index (χ1v) is 18.8. The third-order valence-electron chi connectivity index (χ3n) is 7.44. The maximum atomic E-state index is 12.5. The average Bonchev–Trinajstić information content (AvgIpc) is 3.13. The van der Waals surface area contributed by atoms with Gasteiger partial charge in [0.2, 0.25) is 0 Å². The smallest absolute Gasteiger partial charge is 0.609 e. The molecule has 4 atom stereocenters. The van der Waals surface area contributed by atoms with Gasteiger partial charge in [-0.15, -0.1) is 11.8 Å². The molecule has 0 saturated heterocycles. The van der Waals surface area contributed by atoms with E-state index in [1.807, 2.05) is 95.3 Å². The zero-order valence-corrected chi connectivity index (χ0v) is 36.9. The molecule has 0 unspecified atom stereocenters. The number of carboxylic acid groups (broad SMARTS) is 1. The van der Waals surface area contributed by atoms with E-state index in [4.69, 9.17) is 19.3 Å². The number of rotatable bonds is 15. The Morgan fingerprint density at radius 3 is 1.37 bits per heavy atom. The number of aliphatic carboxylic acids is 1. The first-order valence-electron chi connectivity index (χ1n) is 18.8. The molecule has 2 aromatic carbocycles. The first-order chi connectivity index (χ1) is 26.5. The van der Waals surface area contributed by atoms with E-state index in [9.17, 15) is 29.1 Å². The molecule has 2 rings (SSSR count). The number of carbonyl (C=O) groups is 5. The number of alkyl carbamates (subject to hydrolysis) is 2. The summed E-state index contributed by atoms with van der Waals surface area (Å²) in [5, 5.41) is 24.2. The van der Waals surface area contributed by atoms with Gasteiger partial charge >= 0.3 is 43.0 Å². The normalized spacial score (nSPS) is 11.7. The molecule has 0 bridgehead atoms.